The molecule has 0 spiro atoms. The van der Waals surface area contributed by atoms with Crippen molar-refractivity contribution >= 4 is 22.9 Å². The van der Waals surface area contributed by atoms with Crippen LogP contribution in [0.1, 0.15) is 25.7 Å². The molecule has 0 atom stereocenters. The normalized spacial score (nSPS) is 10.4. The Morgan fingerprint density at radius 1 is 1.50 bits per heavy atom. The number of carbonyl (C=O) groups excluding carboxylic acids is 1. The van der Waals surface area contributed by atoms with Gasteiger partial charge in [0.1, 0.15) is 0 Å². The van der Waals surface area contributed by atoms with Crippen molar-refractivity contribution in [2.45, 2.75) is 20.5 Å². The molecule has 4 nitrogen and oxygen atoms in total. The van der Waals surface area contributed by atoms with Crippen LogP contribution in [0.3, 0.4) is 0 Å². The number of hydrogen-bond donors (Lipinski definition) is 2. The van der Waals surface area contributed by atoms with E-state index in [9.17, 15) is 9.90 Å². The van der Waals surface area contributed by atoms with Gasteiger partial charge in [0.05, 0.1) is 23.4 Å². The SMILES string of the molecule is Cc1cc(C(=O)Nc2cnccc2CO)sc1C. The highest BCUT2D eigenvalue weighted by Gasteiger charge is 2.12. The number of nitrogens with zero attached hydrogens (tertiary/aromatic N) is 1. The van der Waals surface area contributed by atoms with E-state index in [0.717, 1.165) is 10.4 Å². The Bertz CT molecular complexity index is 559. The number of aliphatic hydroxyl groups excluding tert-OH is 1. The van der Waals surface area contributed by atoms with E-state index < -0.39 is 0 Å². The van der Waals surface area contributed by atoms with Crippen LogP contribution in [-0.4, -0.2) is 16.0 Å². The zero-order chi connectivity index (χ0) is 13.1. The molecule has 0 aliphatic heterocycles. The van der Waals surface area contributed by atoms with Crippen LogP contribution in [-0.2, 0) is 6.61 Å². The molecule has 0 saturated heterocycles. The first-order valence-corrected chi connectivity index (χ1v) is 6.35. The van der Waals surface area contributed by atoms with Gasteiger partial charge in [-0.1, -0.05) is 0 Å². The van der Waals surface area contributed by atoms with Gasteiger partial charge in [-0.05, 0) is 31.5 Å². The predicted octanol–water partition coefficient (Wildman–Crippen LogP) is 2.50. The Kier molecular flexibility index (Phi) is 3.74. The van der Waals surface area contributed by atoms with Crippen molar-refractivity contribution in [2.24, 2.45) is 0 Å². The van der Waals surface area contributed by atoms with Gasteiger partial charge in [-0.25, -0.2) is 0 Å². The zero-order valence-corrected chi connectivity index (χ0v) is 11.0. The number of aromatic nitrogens is 1. The number of hydrogen-bond acceptors (Lipinski definition) is 4. The van der Waals surface area contributed by atoms with Crippen LogP contribution < -0.4 is 5.32 Å². The van der Waals surface area contributed by atoms with E-state index in [-0.39, 0.29) is 12.5 Å². The van der Waals surface area contributed by atoms with Gasteiger partial charge in [0.15, 0.2) is 0 Å². The number of thiophene rings is 1. The number of amides is 1. The number of aryl methyl sites for hydroxylation is 2. The van der Waals surface area contributed by atoms with E-state index in [1.54, 1.807) is 12.3 Å². The van der Waals surface area contributed by atoms with Crippen molar-refractivity contribution in [3.8, 4) is 0 Å². The van der Waals surface area contributed by atoms with Crippen molar-refractivity contribution in [1.82, 2.24) is 4.98 Å². The first-order valence-electron chi connectivity index (χ1n) is 5.54. The number of pyridine rings is 1. The maximum Gasteiger partial charge on any atom is 0.265 e. The molecule has 2 N–H and O–H groups in total. The summed E-state index contributed by atoms with van der Waals surface area (Å²) in [6.07, 6.45) is 3.12. The van der Waals surface area contributed by atoms with Gasteiger partial charge in [-0.2, -0.15) is 0 Å². The van der Waals surface area contributed by atoms with Gasteiger partial charge in [0.25, 0.3) is 5.91 Å². The van der Waals surface area contributed by atoms with E-state index in [1.807, 2.05) is 19.9 Å². The standard InChI is InChI=1S/C13H14N2O2S/c1-8-5-12(18-9(8)2)13(17)15-11-6-14-4-3-10(11)7-16/h3-6,16H,7H2,1-2H3,(H,15,17). The molecule has 18 heavy (non-hydrogen) atoms. The van der Waals surface area contributed by atoms with Gasteiger partial charge in [-0.3, -0.25) is 9.78 Å². The summed E-state index contributed by atoms with van der Waals surface area (Å²) >= 11 is 1.46. The first kappa shape index (κ1) is 12.7. The van der Waals surface area contributed by atoms with Gasteiger partial charge in [-0.15, -0.1) is 11.3 Å². The number of carbonyl (C=O) groups is 1. The van der Waals surface area contributed by atoms with E-state index in [1.165, 1.54) is 17.5 Å². The third kappa shape index (κ3) is 2.57. The second-order valence-corrected chi connectivity index (χ2v) is 5.25. The summed E-state index contributed by atoms with van der Waals surface area (Å²) < 4.78 is 0. The Hall–Kier alpha value is -1.72. The lowest BCUT2D eigenvalue weighted by Crippen LogP contribution is -2.12. The lowest BCUT2D eigenvalue weighted by Gasteiger charge is -2.07. The van der Waals surface area contributed by atoms with Crippen molar-refractivity contribution in [2.75, 3.05) is 5.32 Å². The summed E-state index contributed by atoms with van der Waals surface area (Å²) in [5.41, 5.74) is 2.32. The predicted molar refractivity (Wildman–Crippen MR) is 71.9 cm³/mol. The van der Waals surface area contributed by atoms with Crippen LogP contribution in [0.4, 0.5) is 5.69 Å². The fourth-order valence-electron chi connectivity index (χ4n) is 1.54. The second-order valence-electron chi connectivity index (χ2n) is 3.99. The third-order valence-electron chi connectivity index (χ3n) is 2.72. The van der Waals surface area contributed by atoms with Crippen LogP contribution in [0.5, 0.6) is 0 Å². The van der Waals surface area contributed by atoms with Crippen LogP contribution in [0.2, 0.25) is 0 Å². The second kappa shape index (κ2) is 5.29. The van der Waals surface area contributed by atoms with Crippen LogP contribution >= 0.6 is 11.3 Å². The molecule has 2 aromatic heterocycles. The van der Waals surface area contributed by atoms with E-state index >= 15 is 0 Å². The van der Waals surface area contributed by atoms with Crippen molar-refractivity contribution in [3.05, 3.63) is 45.4 Å². The third-order valence-corrected chi connectivity index (χ3v) is 3.87. The van der Waals surface area contributed by atoms with Gasteiger partial charge >= 0.3 is 0 Å². The van der Waals surface area contributed by atoms with Crippen LogP contribution in [0, 0.1) is 13.8 Å². The van der Waals surface area contributed by atoms with Gasteiger partial charge in [0, 0.05) is 16.6 Å². The molecule has 5 heteroatoms. The molecule has 0 unspecified atom stereocenters. The summed E-state index contributed by atoms with van der Waals surface area (Å²) in [5.74, 6) is -0.168. The lowest BCUT2D eigenvalue weighted by atomic mass is 10.2. The number of aliphatic hydroxyl groups is 1. The minimum atomic E-state index is -0.168. The monoisotopic (exact) mass is 262 g/mol. The van der Waals surface area contributed by atoms with Gasteiger partial charge < -0.3 is 10.4 Å². The molecule has 94 valence electrons. The summed E-state index contributed by atoms with van der Waals surface area (Å²) in [4.78, 5) is 17.8. The molecular weight excluding hydrogens is 248 g/mol. The van der Waals surface area contributed by atoms with Crippen molar-refractivity contribution in [1.29, 1.82) is 0 Å². The summed E-state index contributed by atoms with van der Waals surface area (Å²) in [5, 5.41) is 11.9. The Morgan fingerprint density at radius 2 is 2.28 bits per heavy atom. The number of nitrogens with one attached hydrogen (secondary N) is 1. The first-order chi connectivity index (χ1) is 8.61. The minimum Gasteiger partial charge on any atom is -0.392 e. The Morgan fingerprint density at radius 3 is 2.89 bits per heavy atom. The molecule has 0 bridgehead atoms. The maximum atomic E-state index is 12.0. The molecule has 0 radical (unpaired) electrons. The average Bonchev–Trinajstić information content (AvgIpc) is 2.70. The molecule has 0 aromatic carbocycles. The number of anilines is 1. The fourth-order valence-corrected chi connectivity index (χ4v) is 2.47. The fraction of sp³-hybridized carbons (Fsp3) is 0.231. The lowest BCUT2D eigenvalue weighted by molar-refractivity contribution is 0.103. The Labute approximate surface area is 109 Å². The minimum absolute atomic E-state index is 0.124. The molecule has 0 aliphatic rings. The largest absolute Gasteiger partial charge is 0.392 e. The molecule has 2 rings (SSSR count). The van der Waals surface area contributed by atoms with Crippen molar-refractivity contribution < 1.29 is 9.90 Å². The molecule has 1 amide bonds. The zero-order valence-electron chi connectivity index (χ0n) is 10.2. The molecule has 2 aromatic rings. The topological polar surface area (TPSA) is 62.2 Å². The maximum absolute atomic E-state index is 12.0. The highest BCUT2D eigenvalue weighted by Crippen LogP contribution is 2.22. The smallest absolute Gasteiger partial charge is 0.265 e. The molecule has 0 fully saturated rings. The van der Waals surface area contributed by atoms with Gasteiger partial charge in [0.2, 0.25) is 0 Å². The molecule has 2 heterocycles. The Balaban J connectivity index is 2.21. The molecule has 0 aliphatic carbocycles. The summed E-state index contributed by atoms with van der Waals surface area (Å²) in [6.45, 7) is 3.84. The van der Waals surface area contributed by atoms with Crippen LogP contribution in [0.15, 0.2) is 24.5 Å². The van der Waals surface area contributed by atoms with E-state index in [4.69, 9.17) is 0 Å². The summed E-state index contributed by atoms with van der Waals surface area (Å²) in [7, 11) is 0. The summed E-state index contributed by atoms with van der Waals surface area (Å²) in [6, 6.07) is 3.55. The van der Waals surface area contributed by atoms with E-state index in [0.29, 0.717) is 16.1 Å². The van der Waals surface area contributed by atoms with E-state index in [2.05, 4.69) is 10.3 Å². The van der Waals surface area contributed by atoms with Crippen LogP contribution in [0.25, 0.3) is 0 Å². The molecular formula is C13H14N2O2S. The highest BCUT2D eigenvalue weighted by molar-refractivity contribution is 7.14. The number of rotatable bonds is 3. The van der Waals surface area contributed by atoms with Crippen molar-refractivity contribution in [3.63, 3.8) is 0 Å². The highest BCUT2D eigenvalue weighted by atomic mass is 32.1. The quantitative estimate of drug-likeness (QED) is 0.893. The average molecular weight is 262 g/mol. The molecule has 0 saturated carbocycles.